The molecule has 0 saturated carbocycles. The van der Waals surface area contributed by atoms with Gasteiger partial charge in [-0.25, -0.2) is 0 Å². The minimum Gasteiger partial charge on any atom is -0.313 e. The molecule has 0 aromatic heterocycles. The minimum absolute atomic E-state index is 0.474. The van der Waals surface area contributed by atoms with Gasteiger partial charge < -0.3 is 5.32 Å². The van der Waals surface area contributed by atoms with Gasteiger partial charge in [0.05, 0.1) is 0 Å². The Balaban J connectivity index is 3.15. The van der Waals surface area contributed by atoms with Gasteiger partial charge in [-0.3, -0.25) is 0 Å². The molecule has 1 aromatic carbocycles. The van der Waals surface area contributed by atoms with Crippen LogP contribution in [0.1, 0.15) is 50.4 Å². The van der Waals surface area contributed by atoms with E-state index in [0.29, 0.717) is 12.0 Å². The van der Waals surface area contributed by atoms with Crippen molar-refractivity contribution >= 4 is 0 Å². The van der Waals surface area contributed by atoms with E-state index in [1.54, 1.807) is 0 Å². The monoisotopic (exact) mass is 219 g/mol. The molecule has 1 N–H and O–H groups in total. The second kappa shape index (κ2) is 6.05. The molecule has 16 heavy (non-hydrogen) atoms. The highest BCUT2D eigenvalue weighted by molar-refractivity contribution is 5.35. The Morgan fingerprint density at radius 3 is 2.25 bits per heavy atom. The lowest BCUT2D eigenvalue weighted by Crippen LogP contribution is -2.23. The molecule has 0 radical (unpaired) electrons. The van der Waals surface area contributed by atoms with Gasteiger partial charge in [-0.15, -0.1) is 0 Å². The van der Waals surface area contributed by atoms with Crippen molar-refractivity contribution in [2.45, 2.75) is 46.6 Å². The van der Waals surface area contributed by atoms with Crippen LogP contribution in [0.5, 0.6) is 0 Å². The zero-order chi connectivity index (χ0) is 12.1. The third kappa shape index (κ3) is 2.85. The third-order valence-electron chi connectivity index (χ3n) is 3.31. The van der Waals surface area contributed by atoms with Crippen molar-refractivity contribution in [3.05, 3.63) is 34.9 Å². The standard InChI is InChI=1S/C15H25N/c1-6-12-8-9-13(7-2)14(10-12)15(16-5)11(3)4/h8-11,15-16H,6-7H2,1-5H3. The van der Waals surface area contributed by atoms with E-state index >= 15 is 0 Å². The van der Waals surface area contributed by atoms with Crippen molar-refractivity contribution in [3.8, 4) is 0 Å². The quantitative estimate of drug-likeness (QED) is 0.795. The number of hydrogen-bond acceptors (Lipinski definition) is 1. The van der Waals surface area contributed by atoms with E-state index < -0.39 is 0 Å². The molecule has 1 nitrogen and oxygen atoms in total. The fourth-order valence-electron chi connectivity index (χ4n) is 2.32. The summed E-state index contributed by atoms with van der Waals surface area (Å²) in [5.74, 6) is 0.627. The molecule has 1 aromatic rings. The van der Waals surface area contributed by atoms with Crippen LogP contribution in [0, 0.1) is 5.92 Å². The first-order chi connectivity index (χ1) is 7.63. The van der Waals surface area contributed by atoms with Gasteiger partial charge in [0, 0.05) is 6.04 Å². The Morgan fingerprint density at radius 2 is 1.81 bits per heavy atom. The highest BCUT2D eigenvalue weighted by Gasteiger charge is 2.16. The molecule has 1 heteroatoms. The van der Waals surface area contributed by atoms with Crippen LogP contribution >= 0.6 is 0 Å². The molecule has 1 unspecified atom stereocenters. The number of benzene rings is 1. The summed E-state index contributed by atoms with van der Waals surface area (Å²) in [5, 5.41) is 3.44. The smallest absolute Gasteiger partial charge is 0.0343 e. The molecule has 0 aliphatic heterocycles. The number of hydrogen-bond donors (Lipinski definition) is 1. The lowest BCUT2D eigenvalue weighted by atomic mass is 9.89. The highest BCUT2D eigenvalue weighted by Crippen LogP contribution is 2.26. The molecule has 0 fully saturated rings. The van der Waals surface area contributed by atoms with E-state index in [1.807, 2.05) is 0 Å². The second-order valence-electron chi connectivity index (χ2n) is 4.75. The predicted molar refractivity (Wildman–Crippen MR) is 71.8 cm³/mol. The van der Waals surface area contributed by atoms with Crippen LogP contribution in [0.25, 0.3) is 0 Å². The first-order valence-electron chi connectivity index (χ1n) is 6.42. The average Bonchev–Trinajstić information content (AvgIpc) is 2.29. The van der Waals surface area contributed by atoms with Crippen molar-refractivity contribution in [3.63, 3.8) is 0 Å². The van der Waals surface area contributed by atoms with Crippen LogP contribution in [0.4, 0.5) is 0 Å². The molecule has 0 spiro atoms. The molecule has 1 rings (SSSR count). The SMILES string of the molecule is CCc1ccc(CC)c(C(NC)C(C)C)c1. The van der Waals surface area contributed by atoms with Gasteiger partial charge in [0.15, 0.2) is 0 Å². The number of nitrogens with one attached hydrogen (secondary N) is 1. The van der Waals surface area contributed by atoms with Crippen molar-refractivity contribution in [2.75, 3.05) is 7.05 Å². The summed E-state index contributed by atoms with van der Waals surface area (Å²) < 4.78 is 0. The molecular weight excluding hydrogens is 194 g/mol. The van der Waals surface area contributed by atoms with Crippen molar-refractivity contribution in [1.29, 1.82) is 0 Å². The molecule has 0 saturated heterocycles. The summed E-state index contributed by atoms with van der Waals surface area (Å²) in [6.45, 7) is 9.00. The summed E-state index contributed by atoms with van der Waals surface area (Å²) in [4.78, 5) is 0. The van der Waals surface area contributed by atoms with E-state index in [2.05, 4.69) is 58.3 Å². The van der Waals surface area contributed by atoms with Crippen molar-refractivity contribution in [2.24, 2.45) is 5.92 Å². The molecule has 90 valence electrons. The molecular formula is C15H25N. The summed E-state index contributed by atoms with van der Waals surface area (Å²) in [6, 6.07) is 7.40. The first kappa shape index (κ1) is 13.2. The highest BCUT2D eigenvalue weighted by atomic mass is 14.9. The number of aryl methyl sites for hydroxylation is 2. The maximum atomic E-state index is 3.44. The van der Waals surface area contributed by atoms with Crippen LogP contribution in [0.3, 0.4) is 0 Å². The van der Waals surface area contributed by atoms with Crippen LogP contribution in [0.15, 0.2) is 18.2 Å². The van der Waals surface area contributed by atoms with Gasteiger partial charge in [-0.1, -0.05) is 45.9 Å². The molecule has 0 amide bonds. The Labute approximate surface area is 100 Å². The van der Waals surface area contributed by atoms with E-state index in [9.17, 15) is 0 Å². The van der Waals surface area contributed by atoms with Gasteiger partial charge in [-0.2, -0.15) is 0 Å². The topological polar surface area (TPSA) is 12.0 Å². The fourth-order valence-corrected chi connectivity index (χ4v) is 2.32. The van der Waals surface area contributed by atoms with Crippen LogP contribution in [-0.4, -0.2) is 7.05 Å². The predicted octanol–water partition coefficient (Wildman–Crippen LogP) is 3.73. The van der Waals surface area contributed by atoms with E-state index in [0.717, 1.165) is 12.8 Å². The molecule has 0 aliphatic rings. The minimum atomic E-state index is 0.474. The molecule has 0 heterocycles. The largest absolute Gasteiger partial charge is 0.313 e. The third-order valence-corrected chi connectivity index (χ3v) is 3.31. The molecule has 0 bridgehead atoms. The Kier molecular flexibility index (Phi) is 5.01. The second-order valence-corrected chi connectivity index (χ2v) is 4.75. The zero-order valence-electron chi connectivity index (χ0n) is 11.3. The van der Waals surface area contributed by atoms with Crippen LogP contribution in [-0.2, 0) is 12.8 Å². The average molecular weight is 219 g/mol. The molecule has 0 aliphatic carbocycles. The summed E-state index contributed by atoms with van der Waals surface area (Å²) in [7, 11) is 2.06. The van der Waals surface area contributed by atoms with Crippen molar-refractivity contribution < 1.29 is 0 Å². The Morgan fingerprint density at radius 1 is 1.12 bits per heavy atom. The number of rotatable bonds is 5. The van der Waals surface area contributed by atoms with Gasteiger partial charge in [0.2, 0.25) is 0 Å². The van der Waals surface area contributed by atoms with E-state index in [4.69, 9.17) is 0 Å². The van der Waals surface area contributed by atoms with Gasteiger partial charge >= 0.3 is 0 Å². The zero-order valence-corrected chi connectivity index (χ0v) is 11.3. The maximum absolute atomic E-state index is 3.44. The lowest BCUT2D eigenvalue weighted by Gasteiger charge is -2.24. The van der Waals surface area contributed by atoms with Crippen LogP contribution < -0.4 is 5.32 Å². The summed E-state index contributed by atoms with van der Waals surface area (Å²) in [6.07, 6.45) is 2.23. The van der Waals surface area contributed by atoms with Gasteiger partial charge in [0.25, 0.3) is 0 Å². The first-order valence-corrected chi connectivity index (χ1v) is 6.42. The van der Waals surface area contributed by atoms with Gasteiger partial charge in [-0.05, 0) is 42.5 Å². The van der Waals surface area contributed by atoms with Crippen molar-refractivity contribution in [1.82, 2.24) is 5.32 Å². The molecule has 1 atom stereocenters. The van der Waals surface area contributed by atoms with Crippen LogP contribution in [0.2, 0.25) is 0 Å². The lowest BCUT2D eigenvalue weighted by molar-refractivity contribution is 0.440. The summed E-state index contributed by atoms with van der Waals surface area (Å²) >= 11 is 0. The normalized spacial score (nSPS) is 13.1. The summed E-state index contributed by atoms with van der Waals surface area (Å²) in [5.41, 5.74) is 4.40. The Hall–Kier alpha value is -0.820. The van der Waals surface area contributed by atoms with Gasteiger partial charge in [0.1, 0.15) is 0 Å². The Bertz CT molecular complexity index is 328. The van der Waals surface area contributed by atoms with E-state index in [-0.39, 0.29) is 0 Å². The maximum Gasteiger partial charge on any atom is 0.0343 e. The fraction of sp³-hybridized carbons (Fsp3) is 0.600. The van der Waals surface area contributed by atoms with E-state index in [1.165, 1.54) is 16.7 Å².